The number of hydrogen-bond acceptors (Lipinski definition) is 5. The Labute approximate surface area is 149 Å². The molecule has 1 heterocycles. The zero-order valence-corrected chi connectivity index (χ0v) is 14.5. The lowest BCUT2D eigenvalue weighted by Gasteiger charge is -2.26. The van der Waals surface area contributed by atoms with E-state index >= 15 is 0 Å². The predicted octanol–water partition coefficient (Wildman–Crippen LogP) is 1.47. The molecular formula is C17H16N2O6S. The van der Waals surface area contributed by atoms with Crippen LogP contribution in [0.4, 0.5) is 5.69 Å². The number of aromatic carboxylic acids is 1. The van der Waals surface area contributed by atoms with Crippen molar-refractivity contribution in [2.45, 2.75) is 17.2 Å². The summed E-state index contributed by atoms with van der Waals surface area (Å²) in [5, 5.41) is 21.6. The van der Waals surface area contributed by atoms with Crippen molar-refractivity contribution < 1.29 is 28.2 Å². The second kappa shape index (κ2) is 6.43. The molecule has 1 amide bonds. The van der Waals surface area contributed by atoms with Gasteiger partial charge in [-0.25, -0.2) is 17.9 Å². The molecule has 136 valence electrons. The van der Waals surface area contributed by atoms with E-state index in [0.29, 0.717) is 16.8 Å². The summed E-state index contributed by atoms with van der Waals surface area (Å²) in [5.74, 6) is -2.45. The van der Waals surface area contributed by atoms with Crippen LogP contribution >= 0.6 is 0 Å². The van der Waals surface area contributed by atoms with Gasteiger partial charge in [0.25, 0.3) is 0 Å². The highest BCUT2D eigenvalue weighted by atomic mass is 32.2. The summed E-state index contributed by atoms with van der Waals surface area (Å²) in [4.78, 5) is 23.4. The fourth-order valence-electron chi connectivity index (χ4n) is 2.96. The topological polar surface area (TPSA) is 133 Å². The summed E-state index contributed by atoms with van der Waals surface area (Å²) in [6, 6.07) is 8.56. The molecule has 0 saturated heterocycles. The van der Waals surface area contributed by atoms with Gasteiger partial charge in [-0.05, 0) is 36.4 Å². The van der Waals surface area contributed by atoms with Gasteiger partial charge in [-0.3, -0.25) is 4.79 Å². The van der Waals surface area contributed by atoms with Crippen molar-refractivity contribution in [1.82, 2.24) is 4.72 Å². The molecular weight excluding hydrogens is 360 g/mol. The van der Waals surface area contributed by atoms with Gasteiger partial charge in [-0.2, -0.15) is 0 Å². The Bertz CT molecular complexity index is 999. The molecule has 1 aliphatic heterocycles. The molecule has 0 aromatic heterocycles. The second-order valence-electron chi connectivity index (χ2n) is 5.84. The molecule has 0 fully saturated rings. The molecule has 26 heavy (non-hydrogen) atoms. The van der Waals surface area contributed by atoms with Crippen molar-refractivity contribution in [2.75, 3.05) is 12.4 Å². The number of amides is 1. The number of aromatic hydroxyl groups is 1. The molecule has 0 radical (unpaired) electrons. The molecule has 4 N–H and O–H groups in total. The number of hydrogen-bond donors (Lipinski definition) is 4. The van der Waals surface area contributed by atoms with Crippen molar-refractivity contribution in [1.29, 1.82) is 0 Å². The molecule has 8 nitrogen and oxygen atoms in total. The molecule has 1 atom stereocenters. The van der Waals surface area contributed by atoms with Crippen LogP contribution in [0.1, 0.15) is 33.8 Å². The largest absolute Gasteiger partial charge is 0.507 e. The van der Waals surface area contributed by atoms with E-state index in [1.807, 2.05) is 0 Å². The highest BCUT2D eigenvalue weighted by molar-refractivity contribution is 7.89. The maximum Gasteiger partial charge on any atom is 0.339 e. The second-order valence-corrected chi connectivity index (χ2v) is 7.73. The van der Waals surface area contributed by atoms with Crippen molar-refractivity contribution in [3.05, 3.63) is 53.1 Å². The summed E-state index contributed by atoms with van der Waals surface area (Å²) >= 11 is 0. The van der Waals surface area contributed by atoms with Gasteiger partial charge in [0, 0.05) is 24.1 Å². The molecule has 3 rings (SSSR count). The molecule has 1 aliphatic rings. The number of rotatable bonds is 4. The minimum atomic E-state index is -3.58. The molecule has 2 aromatic carbocycles. The first kappa shape index (κ1) is 17.9. The lowest BCUT2D eigenvalue weighted by Crippen LogP contribution is -2.24. The van der Waals surface area contributed by atoms with Gasteiger partial charge < -0.3 is 15.5 Å². The summed E-state index contributed by atoms with van der Waals surface area (Å²) < 4.78 is 25.9. The Kier molecular flexibility index (Phi) is 4.43. The van der Waals surface area contributed by atoms with Gasteiger partial charge >= 0.3 is 5.97 Å². The number of fused-ring (bicyclic) bond motifs is 1. The predicted molar refractivity (Wildman–Crippen MR) is 92.8 cm³/mol. The molecule has 0 bridgehead atoms. The minimum absolute atomic E-state index is 0.0783. The Morgan fingerprint density at radius 3 is 2.46 bits per heavy atom. The maximum atomic E-state index is 12.0. The number of carboxylic acids is 1. The Morgan fingerprint density at radius 1 is 1.23 bits per heavy atom. The number of carbonyl (C=O) groups excluding carboxylic acids is 1. The Morgan fingerprint density at radius 2 is 1.88 bits per heavy atom. The number of sulfonamides is 1. The van der Waals surface area contributed by atoms with Crippen LogP contribution < -0.4 is 10.0 Å². The minimum Gasteiger partial charge on any atom is -0.507 e. The first-order chi connectivity index (χ1) is 12.2. The van der Waals surface area contributed by atoms with Crippen LogP contribution in [0.3, 0.4) is 0 Å². The van der Waals surface area contributed by atoms with Gasteiger partial charge in [0.05, 0.1) is 4.90 Å². The summed E-state index contributed by atoms with van der Waals surface area (Å²) in [6.45, 7) is 0. The third-order valence-corrected chi connectivity index (χ3v) is 5.73. The highest BCUT2D eigenvalue weighted by Crippen LogP contribution is 2.40. The van der Waals surface area contributed by atoms with Gasteiger partial charge in [-0.15, -0.1) is 0 Å². The van der Waals surface area contributed by atoms with Gasteiger partial charge in [0.2, 0.25) is 15.9 Å². The van der Waals surface area contributed by atoms with E-state index in [-0.39, 0.29) is 22.8 Å². The van der Waals surface area contributed by atoms with Crippen LogP contribution in [0.5, 0.6) is 5.75 Å². The molecule has 0 saturated carbocycles. The first-order valence-electron chi connectivity index (χ1n) is 7.66. The number of carbonyl (C=O) groups is 2. The lowest BCUT2D eigenvalue weighted by molar-refractivity contribution is -0.116. The average molecular weight is 376 g/mol. The SMILES string of the molecule is CNS(=O)(=O)c1ccc([C@@H]2CC(=O)Nc3cc(O)c(C(=O)O)cc32)cc1. The standard InChI is InChI=1S/C17H16N2O6S/c1-18-26(24,25)10-4-2-9(3-5-10)11-7-16(21)19-14-8-15(20)13(17(22)23)6-12(11)14/h2-6,8,11,18,20H,7H2,1H3,(H,19,21)(H,22,23)/t11-/m0/s1. The Hall–Kier alpha value is -2.91. The van der Waals surface area contributed by atoms with E-state index in [4.69, 9.17) is 0 Å². The number of carboxylic acid groups (broad SMARTS) is 1. The van der Waals surface area contributed by atoms with E-state index in [2.05, 4.69) is 10.0 Å². The number of nitrogens with one attached hydrogen (secondary N) is 2. The molecule has 0 spiro atoms. The maximum absolute atomic E-state index is 12.0. The molecule has 2 aromatic rings. The third-order valence-electron chi connectivity index (χ3n) is 4.30. The highest BCUT2D eigenvalue weighted by Gasteiger charge is 2.29. The fraction of sp³-hybridized carbons (Fsp3) is 0.176. The fourth-order valence-corrected chi connectivity index (χ4v) is 3.69. The van der Waals surface area contributed by atoms with E-state index in [0.717, 1.165) is 0 Å². The van der Waals surface area contributed by atoms with Crippen LogP contribution in [-0.4, -0.2) is 37.6 Å². The van der Waals surface area contributed by atoms with Crippen LogP contribution in [0, 0.1) is 0 Å². The van der Waals surface area contributed by atoms with Crippen molar-refractivity contribution >= 4 is 27.6 Å². The number of phenols is 1. The lowest BCUT2D eigenvalue weighted by atomic mass is 9.84. The zero-order valence-electron chi connectivity index (χ0n) is 13.7. The van der Waals surface area contributed by atoms with Crippen LogP contribution in [0.15, 0.2) is 41.3 Å². The number of anilines is 1. The summed E-state index contributed by atoms with van der Waals surface area (Å²) in [5.41, 5.74) is 1.28. The zero-order chi connectivity index (χ0) is 19.1. The quantitative estimate of drug-likeness (QED) is 0.639. The third kappa shape index (κ3) is 3.14. The molecule has 0 unspecified atom stereocenters. The van der Waals surface area contributed by atoms with Crippen molar-refractivity contribution in [3.63, 3.8) is 0 Å². The van der Waals surface area contributed by atoms with Crippen molar-refractivity contribution in [3.8, 4) is 5.75 Å². The van der Waals surface area contributed by atoms with Crippen LogP contribution in [0.2, 0.25) is 0 Å². The summed E-state index contributed by atoms with van der Waals surface area (Å²) in [6.07, 6.45) is 0.0783. The van der Waals surface area contributed by atoms with E-state index < -0.39 is 27.7 Å². The van der Waals surface area contributed by atoms with Gasteiger partial charge in [0.15, 0.2) is 0 Å². The average Bonchev–Trinajstić information content (AvgIpc) is 2.60. The normalized spacial score (nSPS) is 16.7. The van der Waals surface area contributed by atoms with Crippen LogP contribution in [-0.2, 0) is 14.8 Å². The van der Waals surface area contributed by atoms with Gasteiger partial charge in [-0.1, -0.05) is 12.1 Å². The van der Waals surface area contributed by atoms with E-state index in [9.17, 15) is 28.2 Å². The molecule has 0 aliphatic carbocycles. The van der Waals surface area contributed by atoms with Gasteiger partial charge in [0.1, 0.15) is 11.3 Å². The Balaban J connectivity index is 2.08. The summed E-state index contributed by atoms with van der Waals surface area (Å²) in [7, 11) is -2.27. The van der Waals surface area contributed by atoms with E-state index in [1.165, 1.54) is 31.3 Å². The monoisotopic (exact) mass is 376 g/mol. The van der Waals surface area contributed by atoms with Crippen LogP contribution in [0.25, 0.3) is 0 Å². The first-order valence-corrected chi connectivity index (χ1v) is 9.15. The van der Waals surface area contributed by atoms with E-state index in [1.54, 1.807) is 12.1 Å². The van der Waals surface area contributed by atoms with Crippen molar-refractivity contribution in [2.24, 2.45) is 0 Å². The molecule has 9 heteroatoms. The smallest absolute Gasteiger partial charge is 0.339 e. The number of benzene rings is 2.